The molecule has 4 aliphatic carbocycles. The highest BCUT2D eigenvalue weighted by Crippen LogP contribution is 2.76. The molecule has 9 rings (SSSR count). The van der Waals surface area contributed by atoms with Gasteiger partial charge < -0.3 is 104 Å². The Balaban J connectivity index is 0.863. The van der Waals surface area contributed by atoms with Gasteiger partial charge in [0.25, 0.3) is 0 Å². The Labute approximate surface area is 444 Å². The third kappa shape index (κ3) is 9.47. The molecule has 11 N–H and O–H groups in total. The smallest absolute Gasteiger partial charge is 0.316 e. The predicted molar refractivity (Wildman–Crippen MR) is 262 cm³/mol. The third-order valence-electron chi connectivity index (χ3n) is 20.4. The highest BCUT2D eigenvalue weighted by atomic mass is 16.8. The maximum absolute atomic E-state index is 14.4. The molecule has 22 nitrogen and oxygen atoms in total. The number of rotatable bonds is 15. The van der Waals surface area contributed by atoms with Crippen molar-refractivity contribution in [2.45, 2.75) is 248 Å². The van der Waals surface area contributed by atoms with Crippen LogP contribution in [0.25, 0.3) is 0 Å². The average Bonchev–Trinajstić information content (AvgIpc) is 3.97. The van der Waals surface area contributed by atoms with E-state index >= 15 is 0 Å². The van der Waals surface area contributed by atoms with Gasteiger partial charge in [-0.3, -0.25) is 4.79 Å². The molecule has 5 heterocycles. The van der Waals surface area contributed by atoms with Gasteiger partial charge in [0.2, 0.25) is 0 Å². The normalized spacial score (nSPS) is 53.1. The number of fused-ring (bicyclic) bond motifs is 4. The van der Waals surface area contributed by atoms with Crippen molar-refractivity contribution in [1.29, 1.82) is 0 Å². The number of allylic oxidation sites excluding steroid dienone is 1. The Kier molecular flexibility index (Phi) is 17.1. The summed E-state index contributed by atoms with van der Waals surface area (Å²) in [5.74, 6) is 0.358. The van der Waals surface area contributed by atoms with Crippen LogP contribution in [-0.2, 0) is 52.2 Å². The summed E-state index contributed by atoms with van der Waals surface area (Å²) in [7, 11) is 1.21. The molecule has 8 fully saturated rings. The van der Waals surface area contributed by atoms with Crippen LogP contribution < -0.4 is 0 Å². The molecule has 1 spiro atoms. The van der Waals surface area contributed by atoms with E-state index in [4.69, 9.17) is 47.4 Å². The first-order valence-electron chi connectivity index (χ1n) is 27.8. The molecule has 28 unspecified atom stereocenters. The fourth-order valence-electron chi connectivity index (χ4n) is 16.1. The number of ether oxygens (including phenoxy) is 10. The van der Waals surface area contributed by atoms with Crippen molar-refractivity contribution < 1.29 is 108 Å². The molecule has 22 heteroatoms. The van der Waals surface area contributed by atoms with E-state index < -0.39 is 164 Å². The quantitative estimate of drug-likeness (QED) is 0.0568. The van der Waals surface area contributed by atoms with Crippen molar-refractivity contribution >= 4 is 5.97 Å². The highest BCUT2D eigenvalue weighted by molar-refractivity contribution is 5.84. The summed E-state index contributed by atoms with van der Waals surface area (Å²) in [6.45, 7) is 14.8. The summed E-state index contributed by atoms with van der Waals surface area (Å²) in [5.41, 5.74) is -1.76. The first-order valence-corrected chi connectivity index (χ1v) is 27.8. The van der Waals surface area contributed by atoms with Gasteiger partial charge in [-0.05, 0) is 99.2 Å². The molecular weight excluding hydrogens is 1000 g/mol. The lowest BCUT2D eigenvalue weighted by Crippen LogP contribution is -2.67. The standard InChI is InChI=1S/C54H88O22/c1-23(2)11-10-16-53(8)31-14-18-52(7)25-12-13-30-50(4,5)33(15-17-51(30,6)26(25)19-32(57)54(31,52)49(66)76-53)73-45-39(63)35(59)29(22-68-45)72-47-41(65)42(36(60)27(20-55)70-47)74-48-44(43(67-9)37(61)28(21-56)71-48)75-46-40(64)38(62)34(58)24(3)69-46/h19,23-25,27-48,55-65H,10-18,20-22H2,1-9H3. The summed E-state index contributed by atoms with van der Waals surface area (Å²) in [6, 6.07) is 0. The van der Waals surface area contributed by atoms with E-state index in [0.29, 0.717) is 18.8 Å². The Morgan fingerprint density at radius 1 is 0.658 bits per heavy atom. The van der Waals surface area contributed by atoms with Crippen LogP contribution in [0.2, 0.25) is 0 Å². The molecule has 76 heavy (non-hydrogen) atoms. The van der Waals surface area contributed by atoms with Gasteiger partial charge in [-0.2, -0.15) is 0 Å². The molecule has 28 atom stereocenters. The summed E-state index contributed by atoms with van der Waals surface area (Å²) >= 11 is 0. The molecule has 436 valence electrons. The lowest BCUT2D eigenvalue weighted by molar-refractivity contribution is -0.394. The second-order valence-electron chi connectivity index (χ2n) is 25.4. The van der Waals surface area contributed by atoms with E-state index in [-0.39, 0.29) is 35.7 Å². The minimum atomic E-state index is -1.92. The van der Waals surface area contributed by atoms with Gasteiger partial charge in [0, 0.05) is 13.0 Å². The number of aliphatic hydroxyl groups is 11. The maximum atomic E-state index is 14.4. The van der Waals surface area contributed by atoms with E-state index in [1.54, 1.807) is 0 Å². The Bertz CT molecular complexity index is 2060. The molecule has 0 aromatic rings. The summed E-state index contributed by atoms with van der Waals surface area (Å²) < 4.78 is 60.1. The van der Waals surface area contributed by atoms with Crippen molar-refractivity contribution in [3.63, 3.8) is 0 Å². The average molecular weight is 1090 g/mol. The molecule has 5 saturated heterocycles. The zero-order valence-corrected chi connectivity index (χ0v) is 45.4. The fraction of sp³-hybridized carbons (Fsp3) is 0.944. The molecule has 0 bridgehead atoms. The first kappa shape index (κ1) is 59.0. The van der Waals surface area contributed by atoms with E-state index in [0.717, 1.165) is 44.9 Å². The van der Waals surface area contributed by atoms with Crippen LogP contribution in [0.1, 0.15) is 113 Å². The number of cyclic esters (lactones) is 1. The molecule has 0 aromatic carbocycles. The number of esters is 1. The highest BCUT2D eigenvalue weighted by Gasteiger charge is 2.79. The monoisotopic (exact) mass is 1090 g/mol. The maximum Gasteiger partial charge on any atom is 0.316 e. The van der Waals surface area contributed by atoms with Crippen LogP contribution in [0.3, 0.4) is 0 Å². The summed E-state index contributed by atoms with van der Waals surface area (Å²) in [6.07, 6.45) is -22.0. The zero-order valence-electron chi connectivity index (χ0n) is 45.4. The molecule has 3 saturated carbocycles. The molecule has 5 aliphatic heterocycles. The van der Waals surface area contributed by atoms with Crippen LogP contribution >= 0.6 is 0 Å². The van der Waals surface area contributed by atoms with E-state index in [1.807, 2.05) is 6.08 Å². The largest absolute Gasteiger partial charge is 0.459 e. The van der Waals surface area contributed by atoms with Crippen molar-refractivity contribution in [3.05, 3.63) is 11.6 Å². The number of carbonyl (C=O) groups is 1. The minimum Gasteiger partial charge on any atom is -0.459 e. The Hall–Kier alpha value is -1.59. The number of hydrogen-bond donors (Lipinski definition) is 11. The second kappa shape index (κ2) is 22.0. The van der Waals surface area contributed by atoms with Crippen LogP contribution in [0.5, 0.6) is 0 Å². The summed E-state index contributed by atoms with van der Waals surface area (Å²) in [4.78, 5) is 14.4. The fourth-order valence-corrected chi connectivity index (χ4v) is 16.1. The van der Waals surface area contributed by atoms with Crippen LogP contribution in [0.4, 0.5) is 0 Å². The van der Waals surface area contributed by atoms with Crippen molar-refractivity contribution in [3.8, 4) is 0 Å². The van der Waals surface area contributed by atoms with Gasteiger partial charge >= 0.3 is 5.97 Å². The number of aliphatic hydroxyl groups excluding tert-OH is 11. The molecular formula is C54H88O22. The zero-order chi connectivity index (χ0) is 55.4. The minimum absolute atomic E-state index is 0.0791. The van der Waals surface area contributed by atoms with Crippen molar-refractivity contribution in [2.24, 2.45) is 45.3 Å². The van der Waals surface area contributed by atoms with Gasteiger partial charge in [0.15, 0.2) is 25.2 Å². The van der Waals surface area contributed by atoms with Gasteiger partial charge in [-0.25, -0.2) is 0 Å². The molecule has 0 amide bonds. The number of hydrogen-bond acceptors (Lipinski definition) is 22. The molecule has 9 aliphatic rings. The van der Waals surface area contributed by atoms with Gasteiger partial charge in [0.05, 0.1) is 38.1 Å². The first-order chi connectivity index (χ1) is 35.7. The van der Waals surface area contributed by atoms with Crippen LogP contribution in [0, 0.1) is 45.3 Å². The summed E-state index contributed by atoms with van der Waals surface area (Å²) in [5, 5.41) is 122. The third-order valence-corrected chi connectivity index (χ3v) is 20.4. The lowest BCUT2D eigenvalue weighted by Gasteiger charge is -2.64. The molecule has 0 aromatic heterocycles. The van der Waals surface area contributed by atoms with Crippen molar-refractivity contribution in [1.82, 2.24) is 0 Å². The lowest BCUT2D eigenvalue weighted by atomic mass is 9.40. The van der Waals surface area contributed by atoms with E-state index in [2.05, 4.69) is 48.5 Å². The van der Waals surface area contributed by atoms with Crippen molar-refractivity contribution in [2.75, 3.05) is 26.9 Å². The predicted octanol–water partition coefficient (Wildman–Crippen LogP) is -0.337. The Morgan fingerprint density at radius 3 is 1.95 bits per heavy atom. The topological polar surface area (TPSA) is 332 Å². The van der Waals surface area contributed by atoms with Gasteiger partial charge in [-0.1, -0.05) is 59.6 Å². The number of carbonyl (C=O) groups excluding carboxylic acids is 1. The number of methoxy groups -OCH3 is 1. The van der Waals surface area contributed by atoms with Crippen LogP contribution in [-0.4, -0.2) is 224 Å². The van der Waals surface area contributed by atoms with E-state index in [9.17, 15) is 61.0 Å². The second-order valence-corrected chi connectivity index (χ2v) is 25.4. The van der Waals surface area contributed by atoms with Gasteiger partial charge in [-0.15, -0.1) is 0 Å². The Morgan fingerprint density at radius 2 is 1.29 bits per heavy atom. The van der Waals surface area contributed by atoms with Crippen LogP contribution in [0.15, 0.2) is 11.6 Å². The molecule has 0 radical (unpaired) electrons. The van der Waals surface area contributed by atoms with Gasteiger partial charge in [0.1, 0.15) is 96.5 Å². The van der Waals surface area contributed by atoms with E-state index in [1.165, 1.54) is 19.6 Å². The SMILES string of the molecule is COC1C(O)C(CO)OC(OC2C(O)C(CO)OC(OC3COC(OC4CCC5(C)C6=CC(O)C78C(=O)OC(C)(CCCC(C)C)C7CCC8(C)C6CCC5C4(C)C)C(O)C3O)C2O)C1OC1OC(C)C(O)C(O)C1O.